The highest BCUT2D eigenvalue weighted by atomic mass is 19.1. The average Bonchev–Trinajstić information content (AvgIpc) is 3.69. The van der Waals surface area contributed by atoms with E-state index in [0.717, 1.165) is 38.5 Å². The van der Waals surface area contributed by atoms with E-state index >= 15 is 0 Å². The average molecular weight is 511 g/mol. The number of amides is 2. The molecule has 196 valence electrons. The molecule has 2 fully saturated rings. The van der Waals surface area contributed by atoms with Crippen molar-refractivity contribution in [3.63, 3.8) is 0 Å². The van der Waals surface area contributed by atoms with E-state index in [1.54, 1.807) is 24.3 Å². The number of hydrogen-bond donors (Lipinski definition) is 1. The molecule has 1 aliphatic carbocycles. The van der Waals surface area contributed by atoms with Gasteiger partial charge in [0.25, 0.3) is 0 Å². The van der Waals surface area contributed by atoms with E-state index in [1.807, 2.05) is 6.92 Å². The summed E-state index contributed by atoms with van der Waals surface area (Å²) in [6.45, 7) is 2.41. The van der Waals surface area contributed by atoms with Crippen LogP contribution in [0.1, 0.15) is 55.9 Å². The number of nitrogens with zero attached hydrogens (tertiary/aromatic N) is 5. The van der Waals surface area contributed by atoms with Crippen molar-refractivity contribution in [3.8, 4) is 11.6 Å². The summed E-state index contributed by atoms with van der Waals surface area (Å²) in [6, 6.07) is 8.35. The summed E-state index contributed by atoms with van der Waals surface area (Å²) in [5.41, 5.74) is 0.529. The number of carbonyl (C=O) groups is 2. The molecule has 2 atom stereocenters. The summed E-state index contributed by atoms with van der Waals surface area (Å²) in [5.74, 6) is 0.353. The largest absolute Gasteiger partial charge is 0.458 e. The third-order valence-electron chi connectivity index (χ3n) is 6.88. The Hall–Kier alpha value is -3.60. The molecule has 0 radical (unpaired) electrons. The molecule has 0 spiro atoms. The van der Waals surface area contributed by atoms with Crippen LogP contribution in [0.5, 0.6) is 0 Å². The highest BCUT2D eigenvalue weighted by Gasteiger charge is 2.35. The molecule has 3 heterocycles. The van der Waals surface area contributed by atoms with Gasteiger partial charge in [-0.3, -0.25) is 9.59 Å². The van der Waals surface area contributed by atoms with Crippen molar-refractivity contribution in [1.29, 1.82) is 0 Å². The summed E-state index contributed by atoms with van der Waals surface area (Å²) in [5, 5.41) is 15.4. The number of furan rings is 1. The van der Waals surface area contributed by atoms with E-state index in [9.17, 15) is 14.0 Å². The van der Waals surface area contributed by atoms with Gasteiger partial charge >= 0.3 is 0 Å². The number of halogens is 1. The topological polar surface area (TPSA) is 115 Å². The summed E-state index contributed by atoms with van der Waals surface area (Å²) < 4.78 is 25.1. The maximum atomic E-state index is 13.8. The molecule has 5 rings (SSSR count). The van der Waals surface area contributed by atoms with Crippen LogP contribution in [0, 0.1) is 12.7 Å². The minimum absolute atomic E-state index is 0.0615. The van der Waals surface area contributed by atoms with Gasteiger partial charge < -0.3 is 19.4 Å². The maximum Gasteiger partial charge on any atom is 0.247 e. The van der Waals surface area contributed by atoms with Gasteiger partial charge in [0.2, 0.25) is 17.6 Å². The Morgan fingerprint density at radius 1 is 1.14 bits per heavy atom. The zero-order chi connectivity index (χ0) is 25.8. The molecule has 2 aliphatic rings. The van der Waals surface area contributed by atoms with Gasteiger partial charge in [0.1, 0.15) is 24.2 Å². The minimum Gasteiger partial charge on any atom is -0.458 e. The summed E-state index contributed by atoms with van der Waals surface area (Å²) in [6.07, 6.45) is 5.39. The first kappa shape index (κ1) is 25.1. The predicted octanol–water partition coefficient (Wildman–Crippen LogP) is 3.19. The third-order valence-corrected chi connectivity index (χ3v) is 6.88. The molecule has 1 N–H and O–H groups in total. The summed E-state index contributed by atoms with van der Waals surface area (Å²) in [4.78, 5) is 30.1. The Kier molecular flexibility index (Phi) is 7.59. The Balaban J connectivity index is 1.42. The fourth-order valence-corrected chi connectivity index (χ4v) is 5.00. The standard InChI is InChI=1S/C26H31FN6O4/c1-17-8-13-22(37-17)25-29-31-33(30-25)16-23(34)32(15-21-7-4-14-36-21)24(18-9-11-19(27)12-10-18)26(35)28-20-5-2-3-6-20/h8-13,20-21,24H,2-7,14-16H2,1H3,(H,28,35)/t21-,24-/m1/s1. The number of ether oxygens (including phenoxy) is 1. The van der Waals surface area contributed by atoms with Gasteiger partial charge in [-0.2, -0.15) is 4.80 Å². The predicted molar refractivity (Wildman–Crippen MR) is 130 cm³/mol. The van der Waals surface area contributed by atoms with Gasteiger partial charge in [-0.25, -0.2) is 4.39 Å². The molecule has 3 aromatic rings. The molecule has 0 unspecified atom stereocenters. The lowest BCUT2D eigenvalue weighted by atomic mass is 10.0. The fourth-order valence-electron chi connectivity index (χ4n) is 5.00. The molecule has 0 bridgehead atoms. The molecule has 1 aliphatic heterocycles. The van der Waals surface area contributed by atoms with Crippen molar-refractivity contribution in [2.24, 2.45) is 0 Å². The van der Waals surface area contributed by atoms with Crippen molar-refractivity contribution in [1.82, 2.24) is 30.4 Å². The van der Waals surface area contributed by atoms with Gasteiger partial charge in [-0.15, -0.1) is 10.2 Å². The second kappa shape index (κ2) is 11.2. The maximum absolute atomic E-state index is 13.8. The molecule has 2 amide bonds. The van der Waals surface area contributed by atoms with Gasteiger partial charge in [-0.05, 0) is 67.6 Å². The number of carbonyl (C=O) groups excluding carboxylic acids is 2. The van der Waals surface area contributed by atoms with E-state index in [1.165, 1.54) is 21.8 Å². The normalized spacial score (nSPS) is 18.7. The van der Waals surface area contributed by atoms with E-state index in [-0.39, 0.29) is 42.9 Å². The van der Waals surface area contributed by atoms with Crippen LogP contribution in [0.15, 0.2) is 40.8 Å². The molecule has 11 heteroatoms. The molecule has 10 nitrogen and oxygen atoms in total. The van der Waals surface area contributed by atoms with Gasteiger partial charge in [-0.1, -0.05) is 25.0 Å². The molecule has 1 saturated heterocycles. The SMILES string of the molecule is Cc1ccc(-c2nnn(CC(=O)N(C[C@H]3CCCO3)[C@@H](C(=O)NC3CCCC3)c3ccc(F)cc3)n2)o1. The van der Waals surface area contributed by atoms with Crippen molar-refractivity contribution in [3.05, 3.63) is 53.5 Å². The fraction of sp³-hybridized carbons (Fsp3) is 0.500. The van der Waals surface area contributed by atoms with E-state index in [0.29, 0.717) is 23.7 Å². The van der Waals surface area contributed by atoms with Gasteiger partial charge in [0, 0.05) is 19.2 Å². The number of nitrogens with one attached hydrogen (secondary N) is 1. The number of aryl methyl sites for hydroxylation is 1. The molecule has 1 aromatic carbocycles. The third kappa shape index (κ3) is 6.04. The Labute approximate surface area is 214 Å². The lowest BCUT2D eigenvalue weighted by molar-refractivity contribution is -0.143. The zero-order valence-electron chi connectivity index (χ0n) is 20.8. The van der Waals surface area contributed by atoms with Crippen molar-refractivity contribution in [2.45, 2.75) is 70.2 Å². The first-order valence-electron chi connectivity index (χ1n) is 12.8. The quantitative estimate of drug-likeness (QED) is 0.470. The highest BCUT2D eigenvalue weighted by molar-refractivity contribution is 5.89. The van der Waals surface area contributed by atoms with Crippen molar-refractivity contribution in [2.75, 3.05) is 13.2 Å². The van der Waals surface area contributed by atoms with Crippen LogP contribution in [0.3, 0.4) is 0 Å². The molecule has 2 aromatic heterocycles. The lowest BCUT2D eigenvalue weighted by Gasteiger charge is -2.33. The summed E-state index contributed by atoms with van der Waals surface area (Å²) in [7, 11) is 0. The van der Waals surface area contributed by atoms with Crippen LogP contribution in [0.2, 0.25) is 0 Å². The van der Waals surface area contributed by atoms with Crippen LogP contribution in [0.4, 0.5) is 4.39 Å². The zero-order valence-corrected chi connectivity index (χ0v) is 20.8. The molecular formula is C26H31FN6O4. The van der Waals surface area contributed by atoms with Gasteiger partial charge in [0.15, 0.2) is 5.76 Å². The first-order valence-corrected chi connectivity index (χ1v) is 12.8. The molecule has 37 heavy (non-hydrogen) atoms. The van der Waals surface area contributed by atoms with Crippen LogP contribution in [-0.4, -0.2) is 62.2 Å². The number of benzene rings is 1. The molecular weight excluding hydrogens is 479 g/mol. The van der Waals surface area contributed by atoms with Crippen LogP contribution < -0.4 is 5.32 Å². The first-order chi connectivity index (χ1) is 18.0. The number of hydrogen-bond acceptors (Lipinski definition) is 7. The van der Waals surface area contributed by atoms with Crippen molar-refractivity contribution < 1.29 is 23.1 Å². The van der Waals surface area contributed by atoms with E-state index in [4.69, 9.17) is 9.15 Å². The van der Waals surface area contributed by atoms with Gasteiger partial charge in [0.05, 0.1) is 6.10 Å². The Morgan fingerprint density at radius 2 is 1.92 bits per heavy atom. The number of tetrazole rings is 1. The number of rotatable bonds is 9. The van der Waals surface area contributed by atoms with Crippen molar-refractivity contribution >= 4 is 11.8 Å². The molecule has 1 saturated carbocycles. The smallest absolute Gasteiger partial charge is 0.247 e. The lowest BCUT2D eigenvalue weighted by Crippen LogP contribution is -2.49. The van der Waals surface area contributed by atoms with Crippen LogP contribution in [0.25, 0.3) is 11.6 Å². The monoisotopic (exact) mass is 510 g/mol. The minimum atomic E-state index is -0.950. The Bertz CT molecular complexity index is 1210. The summed E-state index contributed by atoms with van der Waals surface area (Å²) >= 11 is 0. The second-order valence-corrected chi connectivity index (χ2v) is 9.68. The Morgan fingerprint density at radius 3 is 2.59 bits per heavy atom. The second-order valence-electron chi connectivity index (χ2n) is 9.68. The highest BCUT2D eigenvalue weighted by Crippen LogP contribution is 2.27. The van der Waals surface area contributed by atoms with Crippen LogP contribution >= 0.6 is 0 Å². The van der Waals surface area contributed by atoms with Crippen LogP contribution in [-0.2, 0) is 20.9 Å². The van der Waals surface area contributed by atoms with E-state index < -0.39 is 11.9 Å². The van der Waals surface area contributed by atoms with E-state index in [2.05, 4.69) is 20.7 Å². The number of aromatic nitrogens is 4.